The van der Waals surface area contributed by atoms with Gasteiger partial charge < -0.3 is 9.47 Å². The first-order valence-corrected chi connectivity index (χ1v) is 4.54. The van der Waals surface area contributed by atoms with Crippen LogP contribution in [0.1, 0.15) is 33.1 Å². The Morgan fingerprint density at radius 1 is 1.64 bits per heavy atom. The summed E-state index contributed by atoms with van der Waals surface area (Å²) in [6.45, 7) is 6.60. The van der Waals surface area contributed by atoms with E-state index in [4.69, 9.17) is 9.47 Å². The molecule has 1 rings (SSSR count). The lowest BCUT2D eigenvalue weighted by atomic mass is 10.1. The zero-order valence-electron chi connectivity index (χ0n) is 8.46. The average molecular weight is 198 g/mol. The zero-order chi connectivity index (χ0) is 10.8. The van der Waals surface area contributed by atoms with Gasteiger partial charge in [-0.1, -0.05) is 6.58 Å². The van der Waals surface area contributed by atoms with Crippen LogP contribution >= 0.6 is 0 Å². The molecule has 1 unspecified atom stereocenters. The lowest BCUT2D eigenvalue weighted by Crippen LogP contribution is -2.40. The molecule has 0 N–H and O–H groups in total. The summed E-state index contributed by atoms with van der Waals surface area (Å²) in [6.07, 6.45) is 1.61. The molecular formula is C10H14O4. The summed E-state index contributed by atoms with van der Waals surface area (Å²) >= 11 is 0. The topological polar surface area (TPSA) is 52.6 Å². The Morgan fingerprint density at radius 2 is 2.29 bits per heavy atom. The van der Waals surface area contributed by atoms with Crippen molar-refractivity contribution in [3.8, 4) is 0 Å². The lowest BCUT2D eigenvalue weighted by molar-refractivity contribution is -0.230. The molecule has 1 aliphatic heterocycles. The van der Waals surface area contributed by atoms with Gasteiger partial charge in [-0.3, -0.25) is 4.79 Å². The highest BCUT2D eigenvalue weighted by Gasteiger charge is 2.36. The van der Waals surface area contributed by atoms with Crippen LogP contribution < -0.4 is 0 Å². The molecule has 0 radical (unpaired) electrons. The van der Waals surface area contributed by atoms with Gasteiger partial charge in [0.25, 0.3) is 5.79 Å². The Morgan fingerprint density at radius 3 is 2.79 bits per heavy atom. The first-order chi connectivity index (χ1) is 6.43. The molecular weight excluding hydrogens is 184 g/mol. The minimum Gasteiger partial charge on any atom is -0.423 e. The van der Waals surface area contributed by atoms with Crippen LogP contribution in [-0.4, -0.2) is 17.7 Å². The van der Waals surface area contributed by atoms with E-state index >= 15 is 0 Å². The molecule has 0 aromatic rings. The summed E-state index contributed by atoms with van der Waals surface area (Å²) in [7, 11) is 0. The number of hydrogen-bond donors (Lipinski definition) is 0. The largest absolute Gasteiger partial charge is 0.423 e. The molecule has 1 atom stereocenters. The highest BCUT2D eigenvalue weighted by atomic mass is 16.7. The smallest absolute Gasteiger partial charge is 0.336 e. The molecule has 78 valence electrons. The number of hydrogen-bond acceptors (Lipinski definition) is 4. The first kappa shape index (κ1) is 10.8. The molecule has 0 amide bonds. The molecule has 0 aliphatic carbocycles. The quantitative estimate of drug-likeness (QED) is 0.499. The molecule has 4 nitrogen and oxygen atoms in total. The first-order valence-electron chi connectivity index (χ1n) is 4.54. The van der Waals surface area contributed by atoms with E-state index < -0.39 is 11.8 Å². The zero-order valence-corrected chi connectivity index (χ0v) is 8.46. The van der Waals surface area contributed by atoms with Crippen molar-refractivity contribution < 1.29 is 19.1 Å². The number of rotatable bonds is 2. The van der Waals surface area contributed by atoms with Gasteiger partial charge in [0.05, 0.1) is 0 Å². The summed E-state index contributed by atoms with van der Waals surface area (Å²) in [5.41, 5.74) is 0.299. The minimum atomic E-state index is -1.11. The van der Waals surface area contributed by atoms with E-state index in [1.54, 1.807) is 13.8 Å². The summed E-state index contributed by atoms with van der Waals surface area (Å²) in [5.74, 6) is -1.96. The van der Waals surface area contributed by atoms with Crippen LogP contribution in [0.4, 0.5) is 0 Å². The Bertz CT molecular complexity index is 282. The number of carbonyl (C=O) groups excluding carboxylic acids is 2. The van der Waals surface area contributed by atoms with E-state index in [0.29, 0.717) is 24.8 Å². The van der Waals surface area contributed by atoms with Crippen LogP contribution in [0.25, 0.3) is 0 Å². The van der Waals surface area contributed by atoms with Crippen LogP contribution in [0.2, 0.25) is 0 Å². The Balaban J connectivity index is 2.61. The number of carbonyl (C=O) groups is 2. The Hall–Kier alpha value is -1.32. The third-order valence-electron chi connectivity index (χ3n) is 2.00. The molecule has 0 aromatic heterocycles. The van der Waals surface area contributed by atoms with Crippen LogP contribution in [0.15, 0.2) is 12.2 Å². The molecule has 14 heavy (non-hydrogen) atoms. The van der Waals surface area contributed by atoms with E-state index in [1.807, 2.05) is 0 Å². The summed E-state index contributed by atoms with van der Waals surface area (Å²) in [5, 5.41) is 0. The normalized spacial score (nSPS) is 26.6. The van der Waals surface area contributed by atoms with E-state index in [2.05, 4.69) is 6.58 Å². The molecule has 1 heterocycles. The van der Waals surface area contributed by atoms with E-state index in [-0.39, 0.29) is 5.97 Å². The van der Waals surface area contributed by atoms with E-state index in [0.717, 1.165) is 0 Å². The van der Waals surface area contributed by atoms with Crippen molar-refractivity contribution in [2.24, 2.45) is 0 Å². The van der Waals surface area contributed by atoms with Crippen molar-refractivity contribution in [2.45, 2.75) is 38.9 Å². The third kappa shape index (κ3) is 2.58. The van der Waals surface area contributed by atoms with Crippen LogP contribution in [0.5, 0.6) is 0 Å². The van der Waals surface area contributed by atoms with Crippen molar-refractivity contribution in [3.63, 3.8) is 0 Å². The minimum absolute atomic E-state index is 0.299. The summed E-state index contributed by atoms with van der Waals surface area (Å²) < 4.78 is 10.0. The molecule has 0 saturated carbocycles. The Labute approximate surface area is 82.9 Å². The average Bonchev–Trinajstić information content (AvgIpc) is 2.02. The summed E-state index contributed by atoms with van der Waals surface area (Å²) in [4.78, 5) is 22.2. The molecule has 1 aliphatic rings. The van der Waals surface area contributed by atoms with Gasteiger partial charge in [0.15, 0.2) is 0 Å². The van der Waals surface area contributed by atoms with Crippen LogP contribution in [0.3, 0.4) is 0 Å². The SMILES string of the molecule is C=C(C)C(=O)OC1(C)CCCC(=O)O1. The fourth-order valence-corrected chi connectivity index (χ4v) is 1.25. The lowest BCUT2D eigenvalue weighted by Gasteiger charge is -2.32. The monoisotopic (exact) mass is 198 g/mol. The number of cyclic esters (lactones) is 1. The standard InChI is InChI=1S/C10H14O4/c1-7(2)9(12)14-10(3)6-4-5-8(11)13-10/h1,4-6H2,2-3H3. The highest BCUT2D eigenvalue weighted by molar-refractivity contribution is 5.87. The van der Waals surface area contributed by atoms with Gasteiger partial charge in [0.1, 0.15) is 0 Å². The second kappa shape index (κ2) is 3.82. The van der Waals surface area contributed by atoms with Gasteiger partial charge >= 0.3 is 11.9 Å². The second-order valence-electron chi connectivity index (χ2n) is 3.63. The van der Waals surface area contributed by atoms with Crippen molar-refractivity contribution in [1.29, 1.82) is 0 Å². The fourth-order valence-electron chi connectivity index (χ4n) is 1.25. The van der Waals surface area contributed by atoms with Crippen LogP contribution in [-0.2, 0) is 19.1 Å². The van der Waals surface area contributed by atoms with Gasteiger partial charge in [-0.05, 0) is 13.3 Å². The predicted octanol–water partition coefficient (Wildman–Crippen LogP) is 1.55. The Kier molecular flexibility index (Phi) is 2.93. The molecule has 4 heteroatoms. The maximum Gasteiger partial charge on any atom is 0.336 e. The van der Waals surface area contributed by atoms with Crippen molar-refractivity contribution >= 4 is 11.9 Å². The predicted molar refractivity (Wildman–Crippen MR) is 49.3 cm³/mol. The summed E-state index contributed by atoms with van der Waals surface area (Å²) in [6, 6.07) is 0. The van der Waals surface area contributed by atoms with Crippen molar-refractivity contribution in [2.75, 3.05) is 0 Å². The maximum atomic E-state index is 11.2. The second-order valence-corrected chi connectivity index (χ2v) is 3.63. The van der Waals surface area contributed by atoms with Gasteiger partial charge in [0, 0.05) is 25.3 Å². The van der Waals surface area contributed by atoms with Gasteiger partial charge in [0.2, 0.25) is 0 Å². The highest BCUT2D eigenvalue weighted by Crippen LogP contribution is 2.27. The fraction of sp³-hybridized carbons (Fsp3) is 0.600. The van der Waals surface area contributed by atoms with Crippen LogP contribution in [0, 0.1) is 0 Å². The number of esters is 2. The van der Waals surface area contributed by atoms with E-state index in [1.165, 1.54) is 0 Å². The molecule has 1 saturated heterocycles. The van der Waals surface area contributed by atoms with Gasteiger partial charge in [-0.15, -0.1) is 0 Å². The molecule has 0 bridgehead atoms. The molecule has 1 fully saturated rings. The van der Waals surface area contributed by atoms with Gasteiger partial charge in [-0.25, -0.2) is 4.79 Å². The van der Waals surface area contributed by atoms with E-state index in [9.17, 15) is 9.59 Å². The van der Waals surface area contributed by atoms with Gasteiger partial charge in [-0.2, -0.15) is 0 Å². The van der Waals surface area contributed by atoms with Crippen molar-refractivity contribution in [3.05, 3.63) is 12.2 Å². The number of ether oxygens (including phenoxy) is 2. The maximum absolute atomic E-state index is 11.2. The third-order valence-corrected chi connectivity index (χ3v) is 2.00. The molecule has 0 aromatic carbocycles. The van der Waals surface area contributed by atoms with Crippen molar-refractivity contribution in [1.82, 2.24) is 0 Å². The molecule has 0 spiro atoms.